The van der Waals surface area contributed by atoms with E-state index in [0.29, 0.717) is 22.8 Å². The summed E-state index contributed by atoms with van der Waals surface area (Å²) in [7, 11) is 4.42. The number of benzene rings is 2. The van der Waals surface area contributed by atoms with Gasteiger partial charge in [0.25, 0.3) is 5.91 Å². The van der Waals surface area contributed by atoms with Gasteiger partial charge in [-0.3, -0.25) is 4.79 Å². The minimum absolute atomic E-state index is 0.0287. The fourth-order valence-corrected chi connectivity index (χ4v) is 2.96. The molecular formula is C20H21F2NO4. The summed E-state index contributed by atoms with van der Waals surface area (Å²) in [4.78, 5) is 14.7. The molecule has 2 aromatic rings. The molecule has 0 aliphatic heterocycles. The second-order valence-corrected chi connectivity index (χ2v) is 6.31. The number of ether oxygens (including phenoxy) is 3. The Morgan fingerprint density at radius 1 is 1.04 bits per heavy atom. The van der Waals surface area contributed by atoms with E-state index in [4.69, 9.17) is 14.2 Å². The number of hydrogen-bond donors (Lipinski definition) is 0. The van der Waals surface area contributed by atoms with Gasteiger partial charge in [-0.05, 0) is 31.0 Å². The van der Waals surface area contributed by atoms with Gasteiger partial charge in [0, 0.05) is 29.8 Å². The zero-order valence-corrected chi connectivity index (χ0v) is 15.4. The lowest BCUT2D eigenvalue weighted by molar-refractivity contribution is 0.0727. The van der Waals surface area contributed by atoms with Crippen LogP contribution in [0.25, 0.3) is 0 Å². The lowest BCUT2D eigenvalue weighted by Gasteiger charge is -2.24. The number of carbonyl (C=O) groups excluding carboxylic acids is 1. The molecule has 144 valence electrons. The van der Waals surface area contributed by atoms with Crippen molar-refractivity contribution in [3.63, 3.8) is 0 Å². The SMILES string of the molecule is COc1cc(C(=O)N(Cc2ccc(F)cc2F)C2CC2)cc(OC)c1OC. The Balaban J connectivity index is 1.93. The Morgan fingerprint density at radius 2 is 1.67 bits per heavy atom. The third-order valence-corrected chi connectivity index (χ3v) is 4.52. The molecule has 7 heteroatoms. The summed E-state index contributed by atoms with van der Waals surface area (Å²) in [5.41, 5.74) is 0.614. The van der Waals surface area contributed by atoms with Crippen molar-refractivity contribution in [2.24, 2.45) is 0 Å². The molecule has 1 fully saturated rings. The fraction of sp³-hybridized carbons (Fsp3) is 0.350. The van der Waals surface area contributed by atoms with E-state index in [1.54, 1.807) is 17.0 Å². The molecule has 0 heterocycles. The van der Waals surface area contributed by atoms with Crippen LogP contribution in [0.4, 0.5) is 8.78 Å². The van der Waals surface area contributed by atoms with Gasteiger partial charge in [-0.25, -0.2) is 8.78 Å². The van der Waals surface area contributed by atoms with Crippen LogP contribution in [0.15, 0.2) is 30.3 Å². The summed E-state index contributed by atoms with van der Waals surface area (Å²) in [5, 5.41) is 0. The highest BCUT2D eigenvalue weighted by molar-refractivity contribution is 5.96. The number of hydrogen-bond acceptors (Lipinski definition) is 4. The van der Waals surface area contributed by atoms with E-state index in [9.17, 15) is 13.6 Å². The molecule has 5 nitrogen and oxygen atoms in total. The molecule has 1 aliphatic rings. The zero-order chi connectivity index (χ0) is 19.6. The van der Waals surface area contributed by atoms with E-state index in [0.717, 1.165) is 18.9 Å². The molecule has 3 rings (SSSR count). The average Bonchev–Trinajstić information content (AvgIpc) is 3.50. The number of methoxy groups -OCH3 is 3. The standard InChI is InChI=1S/C20H21F2NO4/c1-25-17-8-13(9-18(26-2)19(17)27-3)20(24)23(15-6-7-15)11-12-4-5-14(21)10-16(12)22/h4-5,8-10,15H,6-7,11H2,1-3H3. The monoisotopic (exact) mass is 377 g/mol. The number of carbonyl (C=O) groups is 1. The van der Waals surface area contributed by atoms with Crippen LogP contribution in [0.3, 0.4) is 0 Å². The first-order valence-electron chi connectivity index (χ1n) is 8.53. The number of halogens is 2. The average molecular weight is 377 g/mol. The molecule has 2 aromatic carbocycles. The van der Waals surface area contributed by atoms with Crippen molar-refractivity contribution >= 4 is 5.91 Å². The van der Waals surface area contributed by atoms with Crippen LogP contribution >= 0.6 is 0 Å². The Hall–Kier alpha value is -2.83. The molecule has 1 aliphatic carbocycles. The Bertz CT molecular complexity index is 827. The molecule has 0 atom stereocenters. The van der Waals surface area contributed by atoms with Crippen molar-refractivity contribution in [2.45, 2.75) is 25.4 Å². The van der Waals surface area contributed by atoms with Gasteiger partial charge in [0.15, 0.2) is 11.5 Å². The lowest BCUT2D eigenvalue weighted by Crippen LogP contribution is -2.33. The van der Waals surface area contributed by atoms with Crippen molar-refractivity contribution in [3.05, 3.63) is 53.1 Å². The van der Waals surface area contributed by atoms with E-state index in [1.807, 2.05) is 0 Å². The molecule has 0 unspecified atom stereocenters. The second kappa shape index (κ2) is 7.82. The van der Waals surface area contributed by atoms with E-state index in [1.165, 1.54) is 33.5 Å². The summed E-state index contributed by atoms with van der Waals surface area (Å²) in [6.07, 6.45) is 1.69. The number of amides is 1. The van der Waals surface area contributed by atoms with E-state index in [2.05, 4.69) is 0 Å². The van der Waals surface area contributed by atoms with Crippen molar-refractivity contribution in [1.29, 1.82) is 0 Å². The molecule has 0 radical (unpaired) electrons. The predicted octanol–water partition coefficient (Wildman–Crippen LogP) is 3.80. The van der Waals surface area contributed by atoms with Gasteiger partial charge in [0.2, 0.25) is 5.75 Å². The summed E-state index contributed by atoms with van der Waals surface area (Å²) in [5.74, 6) is -0.476. The molecule has 0 N–H and O–H groups in total. The van der Waals surface area contributed by atoms with Gasteiger partial charge >= 0.3 is 0 Å². The van der Waals surface area contributed by atoms with Crippen molar-refractivity contribution in [3.8, 4) is 17.2 Å². The zero-order valence-electron chi connectivity index (χ0n) is 15.4. The molecule has 1 saturated carbocycles. The third kappa shape index (κ3) is 3.97. The summed E-state index contributed by atoms with van der Waals surface area (Å²) in [6, 6.07) is 6.54. The predicted molar refractivity (Wildman–Crippen MR) is 95.4 cm³/mol. The van der Waals surface area contributed by atoms with Gasteiger partial charge in [-0.2, -0.15) is 0 Å². The Kier molecular flexibility index (Phi) is 5.48. The molecular weight excluding hydrogens is 356 g/mol. The van der Waals surface area contributed by atoms with Crippen LogP contribution < -0.4 is 14.2 Å². The highest BCUT2D eigenvalue weighted by Gasteiger charge is 2.34. The second-order valence-electron chi connectivity index (χ2n) is 6.31. The first-order chi connectivity index (χ1) is 13.0. The first kappa shape index (κ1) is 18.9. The summed E-state index contributed by atoms with van der Waals surface area (Å²) < 4.78 is 43.1. The van der Waals surface area contributed by atoms with E-state index in [-0.39, 0.29) is 24.1 Å². The first-order valence-corrected chi connectivity index (χ1v) is 8.53. The minimum atomic E-state index is -0.668. The normalized spacial score (nSPS) is 13.2. The van der Waals surface area contributed by atoms with Crippen molar-refractivity contribution < 1.29 is 27.8 Å². The Morgan fingerprint density at radius 3 is 2.15 bits per heavy atom. The molecule has 0 spiro atoms. The van der Waals surface area contributed by atoms with Crippen molar-refractivity contribution in [2.75, 3.05) is 21.3 Å². The fourth-order valence-electron chi connectivity index (χ4n) is 2.96. The molecule has 0 aromatic heterocycles. The summed E-state index contributed by atoms with van der Waals surface area (Å²) >= 11 is 0. The number of nitrogens with zero attached hydrogens (tertiary/aromatic N) is 1. The molecule has 0 bridgehead atoms. The highest BCUT2D eigenvalue weighted by Crippen LogP contribution is 2.39. The molecule has 27 heavy (non-hydrogen) atoms. The van der Waals surface area contributed by atoms with Crippen LogP contribution in [0.2, 0.25) is 0 Å². The van der Waals surface area contributed by atoms with E-state index >= 15 is 0 Å². The van der Waals surface area contributed by atoms with Gasteiger partial charge in [-0.15, -0.1) is 0 Å². The maximum absolute atomic E-state index is 14.1. The number of rotatable bonds is 7. The molecule has 1 amide bonds. The van der Waals surface area contributed by atoms with Gasteiger partial charge < -0.3 is 19.1 Å². The maximum Gasteiger partial charge on any atom is 0.254 e. The van der Waals surface area contributed by atoms with Crippen LogP contribution in [0.5, 0.6) is 17.2 Å². The maximum atomic E-state index is 14.1. The highest BCUT2D eigenvalue weighted by atomic mass is 19.1. The van der Waals surface area contributed by atoms with Gasteiger partial charge in [-0.1, -0.05) is 6.07 Å². The van der Waals surface area contributed by atoms with Crippen molar-refractivity contribution in [1.82, 2.24) is 4.90 Å². The lowest BCUT2D eigenvalue weighted by atomic mass is 10.1. The van der Waals surface area contributed by atoms with Crippen LogP contribution in [-0.4, -0.2) is 38.2 Å². The minimum Gasteiger partial charge on any atom is -0.493 e. The smallest absolute Gasteiger partial charge is 0.254 e. The van der Waals surface area contributed by atoms with Crippen LogP contribution in [0.1, 0.15) is 28.8 Å². The topological polar surface area (TPSA) is 48.0 Å². The quantitative estimate of drug-likeness (QED) is 0.737. The van der Waals surface area contributed by atoms with Crippen LogP contribution in [0, 0.1) is 11.6 Å². The largest absolute Gasteiger partial charge is 0.493 e. The summed E-state index contributed by atoms with van der Waals surface area (Å²) in [6.45, 7) is 0.0618. The Labute approximate surface area is 156 Å². The van der Waals surface area contributed by atoms with Crippen LogP contribution in [-0.2, 0) is 6.54 Å². The van der Waals surface area contributed by atoms with Gasteiger partial charge in [0.1, 0.15) is 11.6 Å². The molecule has 0 saturated heterocycles. The third-order valence-electron chi connectivity index (χ3n) is 4.52. The van der Waals surface area contributed by atoms with Gasteiger partial charge in [0.05, 0.1) is 21.3 Å². The van der Waals surface area contributed by atoms with E-state index < -0.39 is 11.6 Å².